The summed E-state index contributed by atoms with van der Waals surface area (Å²) in [6.07, 6.45) is 3.28. The van der Waals surface area contributed by atoms with Gasteiger partial charge >= 0.3 is 0 Å². The smallest absolute Gasteiger partial charge is 0.250 e. The topological polar surface area (TPSA) is 68.9 Å². The molecule has 3 rings (SSSR count). The largest absolute Gasteiger partial charge is 0.366 e. The van der Waals surface area contributed by atoms with Crippen molar-refractivity contribution in [1.29, 1.82) is 0 Å². The van der Waals surface area contributed by atoms with E-state index in [0.717, 1.165) is 26.7 Å². The second kappa shape index (κ2) is 6.62. The fraction of sp³-hybridized carbons (Fsp3) is 0.0556. The van der Waals surface area contributed by atoms with Crippen molar-refractivity contribution in [3.05, 3.63) is 72.1 Å². The number of amides is 1. The van der Waals surface area contributed by atoms with Gasteiger partial charge in [0.15, 0.2) is 0 Å². The van der Waals surface area contributed by atoms with Crippen molar-refractivity contribution in [2.75, 3.05) is 0 Å². The molecule has 0 aliphatic carbocycles. The van der Waals surface area contributed by atoms with Crippen LogP contribution >= 0.6 is 11.8 Å². The lowest BCUT2D eigenvalue weighted by molar-refractivity contribution is 0.100. The van der Waals surface area contributed by atoms with E-state index in [1.807, 2.05) is 55.5 Å². The molecule has 5 heteroatoms. The SMILES string of the molecule is Cc1ccccc1-c1cc(Sc2ccccn2)ncc1C(N)=O. The highest BCUT2D eigenvalue weighted by molar-refractivity contribution is 7.99. The number of nitrogens with zero attached hydrogens (tertiary/aromatic N) is 2. The van der Waals surface area contributed by atoms with Crippen molar-refractivity contribution in [2.45, 2.75) is 17.0 Å². The van der Waals surface area contributed by atoms with Gasteiger partial charge in [-0.25, -0.2) is 9.97 Å². The Morgan fingerprint density at radius 2 is 1.78 bits per heavy atom. The Bertz CT molecular complexity index is 850. The van der Waals surface area contributed by atoms with E-state index >= 15 is 0 Å². The van der Waals surface area contributed by atoms with Gasteiger partial charge < -0.3 is 5.73 Å². The lowest BCUT2D eigenvalue weighted by atomic mass is 9.97. The molecule has 0 bridgehead atoms. The van der Waals surface area contributed by atoms with Crippen LogP contribution in [0.15, 0.2) is 71.0 Å². The van der Waals surface area contributed by atoms with Crippen LogP contribution in [0.1, 0.15) is 15.9 Å². The normalized spacial score (nSPS) is 10.5. The molecule has 1 amide bonds. The zero-order valence-corrected chi connectivity index (χ0v) is 13.4. The minimum Gasteiger partial charge on any atom is -0.366 e. The summed E-state index contributed by atoms with van der Waals surface area (Å²) in [5.41, 5.74) is 8.78. The van der Waals surface area contributed by atoms with Gasteiger partial charge in [0, 0.05) is 12.4 Å². The van der Waals surface area contributed by atoms with Gasteiger partial charge in [-0.2, -0.15) is 0 Å². The molecule has 2 aromatic heterocycles. The number of pyridine rings is 2. The number of hydrogen-bond donors (Lipinski definition) is 1. The fourth-order valence-electron chi connectivity index (χ4n) is 2.30. The second-order valence-corrected chi connectivity index (χ2v) is 6.06. The average Bonchev–Trinajstić information content (AvgIpc) is 2.56. The summed E-state index contributed by atoms with van der Waals surface area (Å²) in [5.74, 6) is -0.481. The van der Waals surface area contributed by atoms with Crippen LogP contribution in [-0.4, -0.2) is 15.9 Å². The minimum absolute atomic E-state index is 0.421. The first kappa shape index (κ1) is 15.2. The van der Waals surface area contributed by atoms with Crippen LogP contribution in [0, 0.1) is 6.92 Å². The zero-order chi connectivity index (χ0) is 16.2. The van der Waals surface area contributed by atoms with Crippen LogP contribution in [0.2, 0.25) is 0 Å². The molecular weight excluding hydrogens is 306 g/mol. The van der Waals surface area contributed by atoms with Gasteiger partial charge in [0.25, 0.3) is 5.91 Å². The molecule has 0 unspecified atom stereocenters. The quantitative estimate of drug-likeness (QED) is 0.795. The highest BCUT2D eigenvalue weighted by atomic mass is 32.2. The number of primary amides is 1. The van der Waals surface area contributed by atoms with Crippen molar-refractivity contribution < 1.29 is 4.79 Å². The number of nitrogens with two attached hydrogens (primary N) is 1. The first-order valence-corrected chi connectivity index (χ1v) is 7.91. The summed E-state index contributed by atoms with van der Waals surface area (Å²) < 4.78 is 0. The molecule has 4 nitrogen and oxygen atoms in total. The third-order valence-electron chi connectivity index (χ3n) is 3.43. The number of aryl methyl sites for hydroxylation is 1. The predicted molar refractivity (Wildman–Crippen MR) is 91.3 cm³/mol. The van der Waals surface area contributed by atoms with E-state index in [1.54, 1.807) is 6.20 Å². The van der Waals surface area contributed by atoms with Crippen LogP contribution in [0.4, 0.5) is 0 Å². The standard InChI is InChI=1S/C18H15N3OS/c1-12-6-2-3-7-13(12)14-10-17(21-11-15(14)18(19)22)23-16-8-4-5-9-20-16/h2-11H,1H3,(H2,19,22). The summed E-state index contributed by atoms with van der Waals surface area (Å²) in [6, 6.07) is 15.5. The Morgan fingerprint density at radius 1 is 1.00 bits per heavy atom. The van der Waals surface area contributed by atoms with Gasteiger partial charge in [0.1, 0.15) is 10.1 Å². The van der Waals surface area contributed by atoms with Gasteiger partial charge in [0.2, 0.25) is 0 Å². The van der Waals surface area contributed by atoms with Gasteiger partial charge in [-0.15, -0.1) is 0 Å². The fourth-order valence-corrected chi connectivity index (χ4v) is 3.06. The number of aromatic nitrogens is 2. The third kappa shape index (κ3) is 3.40. The summed E-state index contributed by atoms with van der Waals surface area (Å²) in [6.45, 7) is 2.01. The summed E-state index contributed by atoms with van der Waals surface area (Å²) in [5, 5.41) is 1.62. The van der Waals surface area contributed by atoms with E-state index in [2.05, 4.69) is 9.97 Å². The summed E-state index contributed by atoms with van der Waals surface area (Å²) >= 11 is 1.45. The van der Waals surface area contributed by atoms with Crippen LogP contribution in [0.3, 0.4) is 0 Å². The average molecular weight is 321 g/mol. The molecule has 0 radical (unpaired) electrons. The van der Waals surface area contributed by atoms with Gasteiger partial charge in [-0.3, -0.25) is 4.79 Å². The maximum absolute atomic E-state index is 11.7. The minimum atomic E-state index is -0.481. The first-order chi connectivity index (χ1) is 11.1. The molecule has 2 heterocycles. The van der Waals surface area contributed by atoms with Crippen molar-refractivity contribution in [3.8, 4) is 11.1 Å². The molecule has 0 fully saturated rings. The van der Waals surface area contributed by atoms with E-state index in [9.17, 15) is 4.79 Å². The van der Waals surface area contributed by atoms with E-state index < -0.39 is 5.91 Å². The Balaban J connectivity index is 2.07. The van der Waals surface area contributed by atoms with Crippen molar-refractivity contribution in [3.63, 3.8) is 0 Å². The van der Waals surface area contributed by atoms with Crippen molar-refractivity contribution in [2.24, 2.45) is 5.73 Å². The van der Waals surface area contributed by atoms with Gasteiger partial charge in [-0.05, 0) is 41.8 Å². The Morgan fingerprint density at radius 3 is 2.48 bits per heavy atom. The van der Waals surface area contributed by atoms with E-state index in [-0.39, 0.29) is 0 Å². The monoisotopic (exact) mass is 321 g/mol. The molecule has 3 aromatic rings. The van der Waals surface area contributed by atoms with Crippen LogP contribution < -0.4 is 5.73 Å². The number of benzene rings is 1. The maximum atomic E-state index is 11.7. The van der Waals surface area contributed by atoms with E-state index in [4.69, 9.17) is 5.73 Å². The highest BCUT2D eigenvalue weighted by Crippen LogP contribution is 2.31. The molecule has 0 aliphatic rings. The molecule has 0 saturated heterocycles. The molecule has 0 atom stereocenters. The Labute approximate surface area is 138 Å². The van der Waals surface area contributed by atoms with Gasteiger partial charge in [-0.1, -0.05) is 42.1 Å². The van der Waals surface area contributed by atoms with Crippen LogP contribution in [0.25, 0.3) is 11.1 Å². The van der Waals surface area contributed by atoms with Crippen LogP contribution in [-0.2, 0) is 0 Å². The molecule has 0 aliphatic heterocycles. The van der Waals surface area contributed by atoms with Crippen molar-refractivity contribution >= 4 is 17.7 Å². The molecule has 1 aromatic carbocycles. The molecule has 114 valence electrons. The van der Waals surface area contributed by atoms with E-state index in [0.29, 0.717) is 5.56 Å². The second-order valence-electron chi connectivity index (χ2n) is 5.02. The Hall–Kier alpha value is -2.66. The molecule has 0 saturated carbocycles. The number of carbonyl (C=O) groups excluding carboxylic acids is 1. The lowest BCUT2D eigenvalue weighted by Gasteiger charge is -2.11. The molecule has 0 spiro atoms. The van der Waals surface area contributed by atoms with Gasteiger partial charge in [0.05, 0.1) is 5.56 Å². The summed E-state index contributed by atoms with van der Waals surface area (Å²) in [4.78, 5) is 20.4. The molecule has 2 N–H and O–H groups in total. The Kier molecular flexibility index (Phi) is 4.39. The lowest BCUT2D eigenvalue weighted by Crippen LogP contribution is -2.13. The zero-order valence-electron chi connectivity index (χ0n) is 12.6. The predicted octanol–water partition coefficient (Wildman–Crippen LogP) is 3.70. The van der Waals surface area contributed by atoms with Crippen LogP contribution in [0.5, 0.6) is 0 Å². The molecule has 23 heavy (non-hydrogen) atoms. The maximum Gasteiger partial charge on any atom is 0.250 e. The third-order valence-corrected chi connectivity index (χ3v) is 4.31. The first-order valence-electron chi connectivity index (χ1n) is 7.10. The number of carbonyl (C=O) groups is 1. The highest BCUT2D eigenvalue weighted by Gasteiger charge is 2.14. The molecular formula is C18H15N3OS. The number of hydrogen-bond acceptors (Lipinski definition) is 4. The summed E-state index contributed by atoms with van der Waals surface area (Å²) in [7, 11) is 0. The number of rotatable bonds is 4. The van der Waals surface area contributed by atoms with Crippen molar-refractivity contribution in [1.82, 2.24) is 9.97 Å². The van der Waals surface area contributed by atoms with E-state index in [1.165, 1.54) is 18.0 Å².